The van der Waals surface area contributed by atoms with E-state index >= 15 is 0 Å². The maximum atomic E-state index is 3.89. The van der Waals surface area contributed by atoms with Crippen LogP contribution in [0.25, 0.3) is 0 Å². The van der Waals surface area contributed by atoms with Gasteiger partial charge in [0.1, 0.15) is 0 Å². The summed E-state index contributed by atoms with van der Waals surface area (Å²) in [6, 6.07) is 0. The molecule has 0 aliphatic rings. The molecule has 0 N–H and O–H groups in total. The molecule has 0 heterocycles. The van der Waals surface area contributed by atoms with E-state index in [9.17, 15) is 0 Å². The Kier molecular flexibility index (Phi) is 415000000. The molecule has 0 unspecified atom stereocenters. The molecule has 0 fully saturated rings. The zero-order chi connectivity index (χ0) is 4.00. The van der Waals surface area contributed by atoms with Crippen molar-refractivity contribution in [3.63, 3.8) is 0 Å². The Morgan fingerprint density at radius 2 is 0.0476 bits per heavy atom. The molecule has 664 valence electrons. The molecule has 0 radical (unpaired) electrons. The lowest BCUT2D eigenvalue weighted by Gasteiger charge is -0.760. The van der Waals surface area contributed by atoms with Crippen LogP contribution in [-0.4, -0.2) is 0 Å². The minimum Gasteiger partial charge on any atom is -0.0776 e. The lowest BCUT2D eigenvalue weighted by atomic mass is 12.0. The molecule has 0 aromatic carbocycles. The second-order valence-electron chi connectivity index (χ2n) is 0. The largest absolute Gasteiger partial charge is 0.0776 e. The van der Waals surface area contributed by atoms with Gasteiger partial charge in [0.2, 0.25) is 0 Å². The average Bonchev–Trinajstić information content (AvgIpc) is 1.50. The number of rotatable bonds is 0. The van der Waals surface area contributed by atoms with Crippen molar-refractivity contribution in [3.05, 3.63) is 0 Å². The first-order chi connectivity index (χ1) is 2.00. The highest BCUT2D eigenvalue weighted by Crippen LogP contribution is 1.26. The molecule has 0 aliphatic carbocycles. The van der Waals surface area contributed by atoms with Gasteiger partial charge in [-0.05, 0) is 16.0 Å². The van der Waals surface area contributed by atoms with Gasteiger partial charge in [-0.25, -0.2) is 0 Å². The third-order valence-electron chi connectivity index (χ3n) is 0. The highest BCUT2D eigenvalue weighted by molar-refractivity contribution is 7.89. The maximum absolute atomic E-state index is 3.89. The predicted octanol–water partition coefficient (Wildman–Crippen LogP) is 52.1. The normalized spacial score (nSPS) is 0.0952. The molecule has 84 heavy (non-hydrogen) atoms. The fourth-order valence-electron chi connectivity index (χ4n) is 0. The smallest absolute Gasteiger partial charge is 0.0437 e. The molecule has 0 aromatic heterocycles. The van der Waals surface area contributed by atoms with Gasteiger partial charge in [-0.3, -0.25) is 0 Å². The van der Waals surface area contributed by atoms with Crippen molar-refractivity contribution >= 4 is 39.6 Å². The maximum Gasteiger partial charge on any atom is -0.0437 e. The molecular weight excluding hydrogens is 1090 g/mol. The summed E-state index contributed by atoms with van der Waals surface area (Å²) in [5.74, 6) is 0. The van der Waals surface area contributed by atoms with Gasteiger partial charge >= 0.3 is 0 Å². The van der Waals surface area contributed by atoms with Crippen LogP contribution in [0.5, 0.6) is 0 Å². The summed E-state index contributed by atoms with van der Waals surface area (Å²) < 4.78 is 0. The summed E-state index contributed by atoms with van der Waals surface area (Å²) in [5.41, 5.74) is 0. The van der Waals surface area contributed by atoms with Gasteiger partial charge in [0.05, 0.1) is 0 Å². The quantitative estimate of drug-likeness (QED) is 0.222. The van der Waals surface area contributed by atoms with Crippen molar-refractivity contribution in [3.8, 4) is 0 Å². The standard InChI is InChI=1S/80CH4.2HPS/c;;;;;;;;;;;;;;;;;;;;;;;;;;;;;;;;;;;;;;;;;;;;;;;;;;;;;;;;;;;;;;;;;;;;;;;;;;;;;;;;2*1-2/h80*1H4;2*1H. The molecule has 0 nitrogen and oxygen atoms in total. The number of hydrogen-bond donors (Lipinski definition) is 0. The van der Waals surface area contributed by atoms with Gasteiger partial charge in [0, 0.05) is 0 Å². The summed E-state index contributed by atoms with van der Waals surface area (Å²) >= 11 is 7.78. The topological polar surface area (TPSA) is 0 Å². The van der Waals surface area contributed by atoms with Crippen LogP contribution < -0.4 is 0 Å². The van der Waals surface area contributed by atoms with Crippen molar-refractivity contribution in [1.82, 2.24) is 0 Å². The molecule has 0 aromatic rings. The summed E-state index contributed by atoms with van der Waals surface area (Å²) in [4.78, 5) is 0. The monoisotopic (exact) mass is 1410 g/mol. The van der Waals surface area contributed by atoms with Crippen molar-refractivity contribution in [2.45, 2.75) is 594 Å². The second-order valence-corrected chi connectivity index (χ2v) is 0. The van der Waals surface area contributed by atoms with E-state index in [0.29, 0.717) is 0 Å². The Morgan fingerprint density at radius 1 is 0.0476 bits per heavy atom. The van der Waals surface area contributed by atoms with E-state index in [0.717, 1.165) is 0 Å². The summed E-state index contributed by atoms with van der Waals surface area (Å²) in [7, 11) is 5.11. The molecular formula is C80H322P2S2. The van der Waals surface area contributed by atoms with E-state index in [1.165, 1.54) is 0 Å². The van der Waals surface area contributed by atoms with E-state index < -0.39 is 0 Å². The van der Waals surface area contributed by atoms with Crippen LogP contribution in [0.15, 0.2) is 0 Å². The minimum absolute atomic E-state index is 0. The lowest BCUT2D eigenvalue weighted by Crippen LogP contribution is -0.399. The van der Waals surface area contributed by atoms with Gasteiger partial charge in [-0.1, -0.05) is 618 Å². The van der Waals surface area contributed by atoms with Gasteiger partial charge in [-0.2, -0.15) is 0 Å². The molecule has 0 bridgehead atoms. The molecule has 0 aliphatic heterocycles. The first-order valence-corrected chi connectivity index (χ1v) is 3.67. The fourth-order valence-corrected chi connectivity index (χ4v) is 0. The molecule has 4 heteroatoms. The first kappa shape index (κ1) is 65000. The summed E-state index contributed by atoms with van der Waals surface area (Å²) in [5, 5.41) is 0. The van der Waals surface area contributed by atoms with E-state index in [1.54, 1.807) is 0 Å². The highest BCUT2D eigenvalue weighted by atomic mass is 32.4. The van der Waals surface area contributed by atoms with Crippen LogP contribution in [0.3, 0.4) is 0 Å². The van der Waals surface area contributed by atoms with Gasteiger partial charge in [-0.15, -0.1) is 0 Å². The van der Waals surface area contributed by atoms with E-state index in [2.05, 4.69) is 39.6 Å². The van der Waals surface area contributed by atoms with Crippen LogP contribution in [-0.2, 0) is 23.6 Å². The zero-order valence-electron chi connectivity index (χ0n) is 1.82. The Morgan fingerprint density at radius 3 is 0.0476 bits per heavy atom. The van der Waals surface area contributed by atoms with Crippen molar-refractivity contribution in [1.29, 1.82) is 0 Å². The molecule has 0 saturated carbocycles. The molecule has 0 rings (SSSR count). The zero-order valence-corrected chi connectivity index (χ0v) is 5.45. The Bertz CT molecular complexity index is 29.2. The van der Waals surface area contributed by atoms with E-state index in [1.807, 2.05) is 0 Å². The van der Waals surface area contributed by atoms with Crippen molar-refractivity contribution < 1.29 is 0 Å². The van der Waals surface area contributed by atoms with Crippen LogP contribution in [0, 0.1) is 0 Å². The SMILES string of the molecule is C.C.C.C.C.C.C.C.C.C.C.C.C.C.C.C.C.C.C.C.C.C.C.C.C.C.C.C.C.C.C.C.C.C.C.C.C.C.C.C.C.C.C.C.C.C.C.C.C.C.C.C.C.C.C.C.C.C.C.C.C.C.C.C.C.C.C.C.C.C.C.C.C.C.C.C.C.C.C.C.P=S.P=S. The van der Waals surface area contributed by atoms with Crippen molar-refractivity contribution in [2.75, 3.05) is 0 Å². The first-order valence-electron chi connectivity index (χ1n) is 0.408. The molecule has 0 atom stereocenters. The van der Waals surface area contributed by atoms with Crippen LogP contribution in [0.1, 0.15) is 594 Å². The van der Waals surface area contributed by atoms with Crippen molar-refractivity contribution in [2.24, 2.45) is 0 Å². The van der Waals surface area contributed by atoms with Gasteiger partial charge < -0.3 is 0 Å². The van der Waals surface area contributed by atoms with Crippen LogP contribution >= 0.6 is 16.0 Å². The third-order valence-corrected chi connectivity index (χ3v) is 0. The Labute approximate surface area is 630 Å². The van der Waals surface area contributed by atoms with Crippen LogP contribution in [0.2, 0.25) is 0 Å². The van der Waals surface area contributed by atoms with E-state index in [4.69, 9.17) is 0 Å². The van der Waals surface area contributed by atoms with Gasteiger partial charge in [0.25, 0.3) is 0 Å². The fraction of sp³-hybridized carbons (Fsp3) is 1.00. The Balaban J connectivity index is -0.00000000000610. The predicted molar refractivity (Wildman–Crippen MR) is 570 cm³/mol. The minimum atomic E-state index is 0. The molecule has 0 amide bonds. The molecule has 0 spiro atoms. The van der Waals surface area contributed by atoms with Gasteiger partial charge in [0.15, 0.2) is 0 Å². The van der Waals surface area contributed by atoms with Crippen LogP contribution in [0.4, 0.5) is 0 Å². The summed E-state index contributed by atoms with van der Waals surface area (Å²) in [6.45, 7) is 0. The number of hydrogen-bond acceptors (Lipinski definition) is 2. The Hall–Kier alpha value is 1.04. The van der Waals surface area contributed by atoms with E-state index in [-0.39, 0.29) is 594 Å². The average molecular weight is 1410 g/mol. The summed E-state index contributed by atoms with van der Waals surface area (Å²) in [6.07, 6.45) is 0. The molecule has 0 saturated heterocycles. The third kappa shape index (κ3) is 517000. The highest BCUT2D eigenvalue weighted by Gasteiger charge is 0.657. The lowest BCUT2D eigenvalue weighted by molar-refractivity contribution is 2.50. The second kappa shape index (κ2) is 536000.